The fraction of sp³-hybridized carbons (Fsp3) is 0.318. The van der Waals surface area contributed by atoms with Crippen LogP contribution in [0, 0.1) is 0 Å². The van der Waals surface area contributed by atoms with Gasteiger partial charge in [0.15, 0.2) is 6.61 Å². The predicted octanol–water partition coefficient (Wildman–Crippen LogP) is 3.73. The molecule has 2 aromatic rings. The van der Waals surface area contributed by atoms with Crippen molar-refractivity contribution in [2.45, 2.75) is 32.6 Å². The summed E-state index contributed by atoms with van der Waals surface area (Å²) < 4.78 is 5.15. The van der Waals surface area contributed by atoms with E-state index in [9.17, 15) is 14.4 Å². The van der Waals surface area contributed by atoms with Gasteiger partial charge in [0.2, 0.25) is 5.91 Å². The van der Waals surface area contributed by atoms with E-state index >= 15 is 0 Å². The third kappa shape index (κ3) is 4.57. The van der Waals surface area contributed by atoms with Crippen molar-refractivity contribution in [3.63, 3.8) is 0 Å². The topological polar surface area (TPSA) is 75.7 Å². The number of nitrogens with one attached hydrogen (secondary N) is 1. The fourth-order valence-electron chi connectivity index (χ4n) is 3.24. The van der Waals surface area contributed by atoms with Crippen molar-refractivity contribution in [2.24, 2.45) is 0 Å². The summed E-state index contributed by atoms with van der Waals surface area (Å²) in [5.74, 6) is -0.683. The summed E-state index contributed by atoms with van der Waals surface area (Å²) in [5, 5.41) is 2.79. The van der Waals surface area contributed by atoms with Gasteiger partial charge in [0.1, 0.15) is 0 Å². The second-order valence-electron chi connectivity index (χ2n) is 7.07. The summed E-state index contributed by atoms with van der Waals surface area (Å²) in [6.45, 7) is 4.36. The van der Waals surface area contributed by atoms with Gasteiger partial charge in [-0.1, -0.05) is 38.1 Å². The molecule has 1 fully saturated rings. The Kier molecular flexibility index (Phi) is 6.09. The van der Waals surface area contributed by atoms with Gasteiger partial charge in [-0.05, 0) is 42.2 Å². The normalized spacial score (nSPS) is 13.7. The van der Waals surface area contributed by atoms with Crippen molar-refractivity contribution in [2.75, 3.05) is 23.4 Å². The molecular formula is C22H24N2O4. The van der Waals surface area contributed by atoms with Crippen molar-refractivity contribution in [3.05, 3.63) is 59.7 Å². The van der Waals surface area contributed by atoms with Gasteiger partial charge in [0, 0.05) is 24.3 Å². The maximum atomic E-state index is 12.3. The standard InChI is InChI=1S/C22H24N2O4/c1-15(2)18-9-3-4-10-19(18)23-20(25)14-28-22(27)16-7-5-8-17(13-16)24-12-6-11-21(24)26/h3-5,7-10,13,15H,6,11-12,14H2,1-2H3,(H,23,25). The van der Waals surface area contributed by atoms with Gasteiger partial charge in [0.25, 0.3) is 5.91 Å². The Balaban J connectivity index is 1.60. The average Bonchev–Trinajstić information content (AvgIpc) is 3.12. The summed E-state index contributed by atoms with van der Waals surface area (Å²) in [7, 11) is 0. The first-order valence-corrected chi connectivity index (χ1v) is 9.42. The number of ether oxygens (including phenoxy) is 1. The van der Waals surface area contributed by atoms with Crippen molar-refractivity contribution < 1.29 is 19.1 Å². The van der Waals surface area contributed by atoms with Gasteiger partial charge in [-0.3, -0.25) is 9.59 Å². The lowest BCUT2D eigenvalue weighted by molar-refractivity contribution is -0.119. The lowest BCUT2D eigenvalue weighted by atomic mass is 10.0. The molecule has 1 aliphatic heterocycles. The van der Waals surface area contributed by atoms with Gasteiger partial charge in [-0.15, -0.1) is 0 Å². The third-order valence-corrected chi connectivity index (χ3v) is 4.66. The van der Waals surface area contributed by atoms with Gasteiger partial charge in [-0.25, -0.2) is 4.79 Å². The van der Waals surface area contributed by atoms with Crippen LogP contribution in [-0.4, -0.2) is 30.9 Å². The smallest absolute Gasteiger partial charge is 0.338 e. The number of benzene rings is 2. The number of esters is 1. The van der Waals surface area contributed by atoms with Crippen molar-refractivity contribution in [1.29, 1.82) is 0 Å². The van der Waals surface area contributed by atoms with Crippen molar-refractivity contribution >= 4 is 29.2 Å². The minimum Gasteiger partial charge on any atom is -0.452 e. The number of hydrogen-bond acceptors (Lipinski definition) is 4. The minimum atomic E-state index is -0.596. The Morgan fingerprint density at radius 1 is 1.14 bits per heavy atom. The second kappa shape index (κ2) is 8.69. The number of anilines is 2. The van der Waals surface area contributed by atoms with Crippen molar-refractivity contribution in [3.8, 4) is 0 Å². The molecule has 0 atom stereocenters. The number of carbonyl (C=O) groups excluding carboxylic acids is 3. The van der Waals surface area contributed by atoms with Crippen LogP contribution in [0.15, 0.2) is 48.5 Å². The van der Waals surface area contributed by atoms with Crippen LogP contribution >= 0.6 is 0 Å². The number of hydrogen-bond donors (Lipinski definition) is 1. The van der Waals surface area contributed by atoms with E-state index in [1.54, 1.807) is 29.2 Å². The van der Waals surface area contributed by atoms with Gasteiger partial charge >= 0.3 is 5.97 Å². The molecule has 6 heteroatoms. The van der Waals surface area contributed by atoms with E-state index < -0.39 is 11.9 Å². The molecule has 0 unspecified atom stereocenters. The highest BCUT2D eigenvalue weighted by molar-refractivity contribution is 5.98. The first-order chi connectivity index (χ1) is 13.5. The Morgan fingerprint density at radius 3 is 2.64 bits per heavy atom. The van der Waals surface area contributed by atoms with E-state index in [0.717, 1.165) is 12.0 Å². The van der Waals surface area contributed by atoms with E-state index in [0.29, 0.717) is 29.9 Å². The number of amides is 2. The van der Waals surface area contributed by atoms with E-state index in [1.807, 2.05) is 38.1 Å². The second-order valence-corrected chi connectivity index (χ2v) is 7.07. The summed E-state index contributed by atoms with van der Waals surface area (Å²) in [6, 6.07) is 14.3. The highest BCUT2D eigenvalue weighted by Crippen LogP contribution is 2.24. The lowest BCUT2D eigenvalue weighted by Gasteiger charge is -2.16. The highest BCUT2D eigenvalue weighted by Gasteiger charge is 2.22. The molecule has 2 aromatic carbocycles. The van der Waals surface area contributed by atoms with Crippen molar-refractivity contribution in [1.82, 2.24) is 0 Å². The molecule has 2 amide bonds. The molecule has 0 aliphatic carbocycles. The number of carbonyl (C=O) groups is 3. The summed E-state index contributed by atoms with van der Waals surface area (Å²) in [4.78, 5) is 38.1. The predicted molar refractivity (Wildman–Crippen MR) is 107 cm³/mol. The minimum absolute atomic E-state index is 0.0497. The SMILES string of the molecule is CC(C)c1ccccc1NC(=O)COC(=O)c1cccc(N2CCCC2=O)c1. The Labute approximate surface area is 164 Å². The molecule has 0 bridgehead atoms. The third-order valence-electron chi connectivity index (χ3n) is 4.66. The van der Waals surface area contributed by atoms with Crippen LogP contribution in [0.25, 0.3) is 0 Å². The Hall–Kier alpha value is -3.15. The fourth-order valence-corrected chi connectivity index (χ4v) is 3.24. The molecule has 0 saturated carbocycles. The zero-order chi connectivity index (χ0) is 20.1. The number of rotatable bonds is 6. The molecule has 1 saturated heterocycles. The summed E-state index contributed by atoms with van der Waals surface area (Å²) in [5.41, 5.74) is 2.72. The van der Waals surface area contributed by atoms with E-state index in [4.69, 9.17) is 4.74 Å². The van der Waals surface area contributed by atoms with Gasteiger partial charge in [-0.2, -0.15) is 0 Å². The van der Waals surface area contributed by atoms with Gasteiger partial charge in [0.05, 0.1) is 5.56 Å². The zero-order valence-corrected chi connectivity index (χ0v) is 16.1. The van der Waals surface area contributed by atoms with Crippen LogP contribution in [0.4, 0.5) is 11.4 Å². The lowest BCUT2D eigenvalue weighted by Crippen LogP contribution is -2.24. The van der Waals surface area contributed by atoms with Crippen LogP contribution in [-0.2, 0) is 14.3 Å². The Morgan fingerprint density at radius 2 is 1.93 bits per heavy atom. The quantitative estimate of drug-likeness (QED) is 0.775. The van der Waals surface area contributed by atoms with E-state index in [1.165, 1.54) is 0 Å². The van der Waals surface area contributed by atoms with E-state index in [2.05, 4.69) is 5.32 Å². The van der Waals surface area contributed by atoms with E-state index in [-0.39, 0.29) is 18.4 Å². The monoisotopic (exact) mass is 380 g/mol. The van der Waals surface area contributed by atoms with Crippen LogP contribution in [0.5, 0.6) is 0 Å². The molecule has 1 heterocycles. The van der Waals surface area contributed by atoms with Crippen LogP contribution in [0.3, 0.4) is 0 Å². The molecule has 3 rings (SSSR count). The molecule has 0 spiro atoms. The van der Waals surface area contributed by atoms with Gasteiger partial charge < -0.3 is 15.0 Å². The molecule has 0 radical (unpaired) electrons. The molecule has 6 nitrogen and oxygen atoms in total. The first kappa shape index (κ1) is 19.6. The molecule has 0 aromatic heterocycles. The maximum Gasteiger partial charge on any atom is 0.338 e. The Bertz CT molecular complexity index is 892. The van der Waals surface area contributed by atoms with Crippen LogP contribution in [0.1, 0.15) is 48.5 Å². The molecule has 146 valence electrons. The summed E-state index contributed by atoms with van der Waals surface area (Å²) in [6.07, 6.45) is 1.33. The summed E-state index contributed by atoms with van der Waals surface area (Å²) >= 11 is 0. The number of nitrogens with zero attached hydrogens (tertiary/aromatic N) is 1. The zero-order valence-electron chi connectivity index (χ0n) is 16.1. The molecule has 1 aliphatic rings. The largest absolute Gasteiger partial charge is 0.452 e. The molecule has 28 heavy (non-hydrogen) atoms. The van der Waals surface area contributed by atoms with Crippen LogP contribution in [0.2, 0.25) is 0 Å². The average molecular weight is 380 g/mol. The molecular weight excluding hydrogens is 356 g/mol. The first-order valence-electron chi connectivity index (χ1n) is 9.42. The van der Waals surface area contributed by atoms with Crippen LogP contribution < -0.4 is 10.2 Å². The highest BCUT2D eigenvalue weighted by atomic mass is 16.5. The maximum absolute atomic E-state index is 12.3. The molecule has 1 N–H and O–H groups in total. The number of para-hydroxylation sites is 1.